The Morgan fingerprint density at radius 1 is 1.50 bits per heavy atom. The van der Waals surface area contributed by atoms with E-state index in [9.17, 15) is 13.2 Å². The van der Waals surface area contributed by atoms with Crippen molar-refractivity contribution in [1.82, 2.24) is 4.31 Å². The maximum Gasteiger partial charge on any atom is 0.345 e. The van der Waals surface area contributed by atoms with Gasteiger partial charge in [0.2, 0.25) is 10.0 Å². The molecule has 0 amide bonds. The number of thiophene rings is 1. The zero-order valence-corrected chi connectivity index (χ0v) is 13.7. The zero-order valence-electron chi connectivity index (χ0n) is 10.5. The van der Waals surface area contributed by atoms with Gasteiger partial charge in [0.15, 0.2) is 0 Å². The molecule has 0 bridgehead atoms. The van der Waals surface area contributed by atoms with Crippen molar-refractivity contribution in [2.75, 3.05) is 13.2 Å². The molecule has 1 aliphatic rings. The molecule has 1 aromatic rings. The van der Waals surface area contributed by atoms with E-state index in [0.29, 0.717) is 0 Å². The lowest BCUT2D eigenvalue weighted by Gasteiger charge is -2.36. The lowest BCUT2D eigenvalue weighted by molar-refractivity contribution is 0.0702. The molecular formula is C11H14BrNO5S2. The van der Waals surface area contributed by atoms with E-state index < -0.39 is 16.0 Å². The molecule has 0 radical (unpaired) electrons. The summed E-state index contributed by atoms with van der Waals surface area (Å²) in [6.07, 6.45) is 2.51. The van der Waals surface area contributed by atoms with Gasteiger partial charge < -0.3 is 10.2 Å². The van der Waals surface area contributed by atoms with Crippen LogP contribution in [0.3, 0.4) is 0 Å². The summed E-state index contributed by atoms with van der Waals surface area (Å²) in [5.41, 5.74) is 0. The molecule has 1 saturated carbocycles. The van der Waals surface area contributed by atoms with E-state index in [0.717, 1.165) is 36.7 Å². The highest BCUT2D eigenvalue weighted by atomic mass is 79.9. The maximum atomic E-state index is 12.6. The van der Waals surface area contributed by atoms with E-state index in [4.69, 9.17) is 10.2 Å². The number of sulfonamides is 1. The molecule has 0 unspecified atom stereocenters. The minimum atomic E-state index is -3.79. The van der Waals surface area contributed by atoms with E-state index in [1.54, 1.807) is 0 Å². The second-order valence-electron chi connectivity index (χ2n) is 4.48. The molecule has 1 fully saturated rings. The average molecular weight is 384 g/mol. The fourth-order valence-electron chi connectivity index (χ4n) is 2.03. The van der Waals surface area contributed by atoms with Gasteiger partial charge in [-0.15, -0.1) is 11.3 Å². The van der Waals surface area contributed by atoms with Gasteiger partial charge in [0.25, 0.3) is 0 Å². The summed E-state index contributed by atoms with van der Waals surface area (Å²) < 4.78 is 26.8. The molecule has 0 atom stereocenters. The summed E-state index contributed by atoms with van der Waals surface area (Å²) in [5, 5.41) is 18.0. The van der Waals surface area contributed by atoms with Gasteiger partial charge in [0, 0.05) is 12.6 Å². The number of rotatable bonds is 6. The minimum Gasteiger partial charge on any atom is -0.477 e. The van der Waals surface area contributed by atoms with Crippen LogP contribution in [-0.4, -0.2) is 48.1 Å². The molecule has 0 spiro atoms. The molecule has 2 rings (SSSR count). The fourth-order valence-corrected chi connectivity index (χ4v) is 6.06. The molecule has 1 aliphatic carbocycles. The van der Waals surface area contributed by atoms with Crippen LogP contribution in [0.15, 0.2) is 14.7 Å². The van der Waals surface area contributed by atoms with Gasteiger partial charge in [0.1, 0.15) is 9.77 Å². The molecule has 6 nitrogen and oxygen atoms in total. The quantitative estimate of drug-likeness (QED) is 0.779. The van der Waals surface area contributed by atoms with E-state index in [2.05, 4.69) is 15.9 Å². The van der Waals surface area contributed by atoms with Gasteiger partial charge in [-0.2, -0.15) is 4.31 Å². The maximum absolute atomic E-state index is 12.6. The van der Waals surface area contributed by atoms with Gasteiger partial charge in [-0.05, 0) is 34.8 Å². The number of carboxylic acid groups (broad SMARTS) is 1. The second kappa shape index (κ2) is 6.10. The molecular weight excluding hydrogens is 370 g/mol. The number of hydrogen-bond acceptors (Lipinski definition) is 5. The number of aliphatic hydroxyl groups is 1. The third-order valence-electron chi connectivity index (χ3n) is 3.26. The summed E-state index contributed by atoms with van der Waals surface area (Å²) in [6, 6.07) is 1.06. The number of carbonyl (C=O) groups is 1. The summed E-state index contributed by atoms with van der Waals surface area (Å²) in [5.74, 6) is -1.16. The van der Waals surface area contributed by atoms with Gasteiger partial charge in [-0.25, -0.2) is 13.2 Å². The number of aliphatic hydroxyl groups excluding tert-OH is 1. The van der Waals surface area contributed by atoms with Gasteiger partial charge >= 0.3 is 5.97 Å². The molecule has 0 aromatic carbocycles. The van der Waals surface area contributed by atoms with Crippen molar-refractivity contribution in [3.05, 3.63) is 14.7 Å². The SMILES string of the molecule is O=C(O)c1cc(S(=O)(=O)N(CCO)C2CCC2)c(Br)s1. The molecule has 9 heteroatoms. The third-order valence-corrected chi connectivity index (χ3v) is 7.45. The zero-order chi connectivity index (χ0) is 14.9. The Balaban J connectivity index is 2.39. The second-order valence-corrected chi connectivity index (χ2v) is 8.71. The van der Waals surface area contributed by atoms with E-state index in [-0.39, 0.29) is 32.8 Å². The van der Waals surface area contributed by atoms with Crippen LogP contribution in [0.1, 0.15) is 28.9 Å². The molecule has 1 aromatic heterocycles. The van der Waals surface area contributed by atoms with Gasteiger partial charge in [-0.1, -0.05) is 6.42 Å². The van der Waals surface area contributed by atoms with Crippen LogP contribution in [-0.2, 0) is 10.0 Å². The monoisotopic (exact) mass is 383 g/mol. The van der Waals surface area contributed by atoms with Crippen LogP contribution in [0.5, 0.6) is 0 Å². The first-order valence-electron chi connectivity index (χ1n) is 6.03. The number of nitrogens with zero attached hydrogens (tertiary/aromatic N) is 1. The first kappa shape index (κ1) is 15.9. The summed E-state index contributed by atoms with van der Waals surface area (Å²) in [4.78, 5) is 10.9. The molecule has 0 saturated heterocycles. The lowest BCUT2D eigenvalue weighted by atomic mass is 9.93. The molecule has 2 N–H and O–H groups in total. The number of hydrogen-bond donors (Lipinski definition) is 2. The summed E-state index contributed by atoms with van der Waals surface area (Å²) in [7, 11) is -3.79. The van der Waals surface area contributed by atoms with Crippen LogP contribution in [0.25, 0.3) is 0 Å². The van der Waals surface area contributed by atoms with Crippen LogP contribution in [0.2, 0.25) is 0 Å². The van der Waals surface area contributed by atoms with Gasteiger partial charge in [0.05, 0.1) is 10.4 Å². The van der Waals surface area contributed by atoms with E-state index in [1.165, 1.54) is 4.31 Å². The Hall–Kier alpha value is -0.480. The standard InChI is InChI=1S/C11H14BrNO5S2/c12-10-9(6-8(19-10)11(15)16)20(17,18)13(4-5-14)7-2-1-3-7/h6-7,14H,1-5H2,(H,15,16). The Kier molecular flexibility index (Phi) is 4.85. The van der Waals surface area contributed by atoms with Crippen molar-refractivity contribution in [2.45, 2.75) is 30.2 Å². The Bertz CT molecular complexity index is 608. The topological polar surface area (TPSA) is 94.9 Å². The van der Waals surface area contributed by atoms with Crippen LogP contribution < -0.4 is 0 Å². The van der Waals surface area contributed by atoms with Crippen LogP contribution >= 0.6 is 27.3 Å². The largest absolute Gasteiger partial charge is 0.477 e. The smallest absolute Gasteiger partial charge is 0.345 e. The number of aromatic carboxylic acids is 1. The Labute approximate surface area is 129 Å². The highest BCUT2D eigenvalue weighted by Gasteiger charge is 2.36. The average Bonchev–Trinajstić information content (AvgIpc) is 2.69. The first-order chi connectivity index (χ1) is 9.37. The highest BCUT2D eigenvalue weighted by Crippen LogP contribution is 2.36. The van der Waals surface area contributed by atoms with E-state index in [1.807, 2.05) is 0 Å². The Morgan fingerprint density at radius 2 is 2.15 bits per heavy atom. The van der Waals surface area contributed by atoms with Crippen molar-refractivity contribution in [1.29, 1.82) is 0 Å². The van der Waals surface area contributed by atoms with Crippen molar-refractivity contribution >= 4 is 43.3 Å². The predicted molar refractivity (Wildman–Crippen MR) is 77.6 cm³/mol. The first-order valence-corrected chi connectivity index (χ1v) is 9.08. The molecule has 112 valence electrons. The van der Waals surface area contributed by atoms with Crippen LogP contribution in [0.4, 0.5) is 0 Å². The fraction of sp³-hybridized carbons (Fsp3) is 0.545. The predicted octanol–water partition coefficient (Wildman–Crippen LogP) is 1.74. The molecule has 1 heterocycles. The third kappa shape index (κ3) is 2.91. The lowest BCUT2D eigenvalue weighted by Crippen LogP contribution is -2.45. The van der Waals surface area contributed by atoms with Crippen molar-refractivity contribution in [2.24, 2.45) is 0 Å². The molecule has 20 heavy (non-hydrogen) atoms. The highest BCUT2D eigenvalue weighted by molar-refractivity contribution is 9.11. The minimum absolute atomic E-state index is 0.0255. The number of halogens is 1. The van der Waals surface area contributed by atoms with Crippen molar-refractivity contribution < 1.29 is 23.4 Å². The van der Waals surface area contributed by atoms with Crippen molar-refractivity contribution in [3.63, 3.8) is 0 Å². The normalized spacial score (nSPS) is 16.4. The van der Waals surface area contributed by atoms with Crippen LogP contribution in [0, 0.1) is 0 Å². The summed E-state index contributed by atoms with van der Waals surface area (Å²) >= 11 is 3.99. The van der Waals surface area contributed by atoms with Gasteiger partial charge in [-0.3, -0.25) is 0 Å². The molecule has 0 aliphatic heterocycles. The summed E-state index contributed by atoms with van der Waals surface area (Å²) in [6.45, 7) is -0.235. The Morgan fingerprint density at radius 3 is 2.55 bits per heavy atom. The van der Waals surface area contributed by atoms with Crippen molar-refractivity contribution in [3.8, 4) is 0 Å². The number of carboxylic acids is 1. The van der Waals surface area contributed by atoms with E-state index >= 15 is 0 Å².